The van der Waals surface area contributed by atoms with Crippen LogP contribution in [0.3, 0.4) is 0 Å². The van der Waals surface area contributed by atoms with Gasteiger partial charge in [0.2, 0.25) is 0 Å². The zero-order chi connectivity index (χ0) is 18.7. The van der Waals surface area contributed by atoms with Crippen molar-refractivity contribution in [1.82, 2.24) is 4.90 Å². The predicted molar refractivity (Wildman–Crippen MR) is 106 cm³/mol. The summed E-state index contributed by atoms with van der Waals surface area (Å²) in [6.07, 6.45) is 0. The molecule has 0 saturated carbocycles. The van der Waals surface area contributed by atoms with Gasteiger partial charge in [-0.25, -0.2) is 0 Å². The zero-order valence-corrected chi connectivity index (χ0v) is 16.2. The molecule has 0 aliphatic carbocycles. The number of hydrogen-bond donors (Lipinski definition) is 1. The molecule has 2 aromatic rings. The zero-order valence-electron chi connectivity index (χ0n) is 14.7. The predicted octanol–water partition coefficient (Wildman–Crippen LogP) is 4.54. The molecule has 26 heavy (non-hydrogen) atoms. The lowest BCUT2D eigenvalue weighted by molar-refractivity contribution is -0.147. The standard InChI is InChI=1S/C20H22Cl2N2O2/c1-2-24(17-6-7-18(21)19(22)9-17)11-15-5-3-4-14(8-15)10-23-12-16(13-23)20(25)26/h3-9,16H,2,10-13H2,1H3,(H,25,26). The first kappa shape index (κ1) is 19.0. The van der Waals surface area contributed by atoms with Crippen molar-refractivity contribution in [1.29, 1.82) is 0 Å². The summed E-state index contributed by atoms with van der Waals surface area (Å²) in [7, 11) is 0. The first-order valence-corrected chi connectivity index (χ1v) is 9.45. The van der Waals surface area contributed by atoms with Gasteiger partial charge < -0.3 is 10.0 Å². The van der Waals surface area contributed by atoms with Crippen LogP contribution in [0.25, 0.3) is 0 Å². The van der Waals surface area contributed by atoms with Crippen molar-refractivity contribution in [2.24, 2.45) is 5.92 Å². The average Bonchev–Trinajstić information content (AvgIpc) is 2.58. The third-order valence-corrected chi connectivity index (χ3v) is 5.47. The van der Waals surface area contributed by atoms with Crippen LogP contribution in [0.1, 0.15) is 18.1 Å². The Morgan fingerprint density at radius 3 is 2.54 bits per heavy atom. The van der Waals surface area contributed by atoms with Gasteiger partial charge in [-0.05, 0) is 36.2 Å². The van der Waals surface area contributed by atoms with Crippen molar-refractivity contribution in [3.8, 4) is 0 Å². The normalized spacial score (nSPS) is 14.9. The maximum Gasteiger partial charge on any atom is 0.309 e. The van der Waals surface area contributed by atoms with E-state index in [1.165, 1.54) is 11.1 Å². The summed E-state index contributed by atoms with van der Waals surface area (Å²) >= 11 is 12.2. The summed E-state index contributed by atoms with van der Waals surface area (Å²) in [4.78, 5) is 15.3. The van der Waals surface area contributed by atoms with E-state index in [9.17, 15) is 4.79 Å². The quantitative estimate of drug-likeness (QED) is 0.751. The van der Waals surface area contributed by atoms with Crippen LogP contribution in [0, 0.1) is 5.92 Å². The highest BCUT2D eigenvalue weighted by Gasteiger charge is 2.32. The topological polar surface area (TPSA) is 43.8 Å². The molecule has 1 aliphatic rings. The van der Waals surface area contributed by atoms with Crippen LogP contribution in [0.4, 0.5) is 5.69 Å². The van der Waals surface area contributed by atoms with Crippen LogP contribution in [0.2, 0.25) is 10.0 Å². The van der Waals surface area contributed by atoms with Gasteiger partial charge in [0.1, 0.15) is 0 Å². The molecule has 0 spiro atoms. The third-order valence-electron chi connectivity index (χ3n) is 4.73. The summed E-state index contributed by atoms with van der Waals surface area (Å²) < 4.78 is 0. The molecule has 1 N–H and O–H groups in total. The summed E-state index contributed by atoms with van der Waals surface area (Å²) in [6.45, 7) is 5.79. The van der Waals surface area contributed by atoms with E-state index < -0.39 is 5.97 Å². The third kappa shape index (κ3) is 4.50. The molecule has 0 amide bonds. The van der Waals surface area contributed by atoms with Crippen LogP contribution in [-0.2, 0) is 17.9 Å². The van der Waals surface area contributed by atoms with Gasteiger partial charge in [0, 0.05) is 38.4 Å². The van der Waals surface area contributed by atoms with Gasteiger partial charge >= 0.3 is 5.97 Å². The van der Waals surface area contributed by atoms with Crippen LogP contribution in [0.5, 0.6) is 0 Å². The number of carbonyl (C=O) groups is 1. The number of nitrogens with zero attached hydrogens (tertiary/aromatic N) is 2. The lowest BCUT2D eigenvalue weighted by Crippen LogP contribution is -2.49. The van der Waals surface area contributed by atoms with E-state index in [1.807, 2.05) is 18.2 Å². The van der Waals surface area contributed by atoms with E-state index >= 15 is 0 Å². The molecule has 0 radical (unpaired) electrons. The Hall–Kier alpha value is -1.75. The van der Waals surface area contributed by atoms with E-state index in [0.29, 0.717) is 23.1 Å². The number of hydrogen-bond acceptors (Lipinski definition) is 3. The molecule has 2 aromatic carbocycles. The molecular weight excluding hydrogens is 371 g/mol. The second-order valence-electron chi connectivity index (χ2n) is 6.66. The van der Waals surface area contributed by atoms with Crippen molar-refractivity contribution >= 4 is 34.9 Å². The van der Waals surface area contributed by atoms with Crippen molar-refractivity contribution in [3.05, 3.63) is 63.6 Å². The summed E-state index contributed by atoms with van der Waals surface area (Å²) in [6, 6.07) is 14.1. The van der Waals surface area contributed by atoms with Gasteiger partial charge in [-0.3, -0.25) is 9.69 Å². The number of halogens is 2. The molecule has 1 aliphatic heterocycles. The molecular formula is C20H22Cl2N2O2. The Balaban J connectivity index is 1.65. The summed E-state index contributed by atoms with van der Waals surface area (Å²) in [5.41, 5.74) is 3.46. The Labute approximate surface area is 163 Å². The van der Waals surface area contributed by atoms with E-state index in [-0.39, 0.29) is 5.92 Å². The second-order valence-corrected chi connectivity index (χ2v) is 7.48. The molecule has 6 heteroatoms. The van der Waals surface area contributed by atoms with E-state index in [4.69, 9.17) is 28.3 Å². The Kier molecular flexibility index (Phi) is 6.07. The average molecular weight is 393 g/mol. The van der Waals surface area contributed by atoms with Gasteiger partial charge in [-0.2, -0.15) is 0 Å². The van der Waals surface area contributed by atoms with Crippen molar-refractivity contribution in [2.75, 3.05) is 24.5 Å². The number of benzene rings is 2. The molecule has 0 bridgehead atoms. The smallest absolute Gasteiger partial charge is 0.309 e. The summed E-state index contributed by atoms with van der Waals surface area (Å²) in [5.74, 6) is -0.918. The maximum atomic E-state index is 10.9. The minimum Gasteiger partial charge on any atom is -0.481 e. The van der Waals surface area contributed by atoms with Gasteiger partial charge in [-0.1, -0.05) is 47.5 Å². The highest BCUT2D eigenvalue weighted by molar-refractivity contribution is 6.42. The number of likely N-dealkylation sites (tertiary alicyclic amines) is 1. The largest absolute Gasteiger partial charge is 0.481 e. The van der Waals surface area contributed by atoms with E-state index in [2.05, 4.69) is 41.0 Å². The maximum absolute atomic E-state index is 10.9. The molecule has 0 unspecified atom stereocenters. The molecule has 3 rings (SSSR count). The number of rotatable bonds is 7. The van der Waals surface area contributed by atoms with E-state index in [0.717, 1.165) is 25.3 Å². The van der Waals surface area contributed by atoms with Crippen LogP contribution >= 0.6 is 23.2 Å². The minimum absolute atomic E-state index is 0.219. The molecule has 0 aromatic heterocycles. The van der Waals surface area contributed by atoms with Crippen LogP contribution in [-0.4, -0.2) is 35.6 Å². The molecule has 138 valence electrons. The Bertz CT molecular complexity index is 791. The molecule has 1 saturated heterocycles. The SMILES string of the molecule is CCN(Cc1cccc(CN2CC(C(=O)O)C2)c1)c1ccc(Cl)c(Cl)c1. The first-order chi connectivity index (χ1) is 12.5. The number of aliphatic carboxylic acids is 1. The highest BCUT2D eigenvalue weighted by Crippen LogP contribution is 2.28. The second kappa shape index (κ2) is 8.30. The Morgan fingerprint density at radius 2 is 1.88 bits per heavy atom. The lowest BCUT2D eigenvalue weighted by atomic mass is 9.99. The fourth-order valence-electron chi connectivity index (χ4n) is 3.23. The molecule has 4 nitrogen and oxygen atoms in total. The van der Waals surface area contributed by atoms with E-state index in [1.54, 1.807) is 0 Å². The van der Waals surface area contributed by atoms with Crippen molar-refractivity contribution < 1.29 is 9.90 Å². The minimum atomic E-state index is -0.699. The van der Waals surface area contributed by atoms with Crippen LogP contribution in [0.15, 0.2) is 42.5 Å². The fourth-order valence-corrected chi connectivity index (χ4v) is 3.52. The Morgan fingerprint density at radius 1 is 1.15 bits per heavy atom. The highest BCUT2D eigenvalue weighted by atomic mass is 35.5. The number of anilines is 1. The van der Waals surface area contributed by atoms with Gasteiger partial charge in [0.15, 0.2) is 0 Å². The lowest BCUT2D eigenvalue weighted by Gasteiger charge is -2.36. The number of carboxylic acids is 1. The molecule has 1 heterocycles. The first-order valence-electron chi connectivity index (χ1n) is 8.69. The van der Waals surface area contributed by atoms with Gasteiger partial charge in [0.05, 0.1) is 16.0 Å². The van der Waals surface area contributed by atoms with Gasteiger partial charge in [0.25, 0.3) is 0 Å². The van der Waals surface area contributed by atoms with Crippen LogP contribution < -0.4 is 4.90 Å². The monoisotopic (exact) mass is 392 g/mol. The molecule has 1 fully saturated rings. The fraction of sp³-hybridized carbons (Fsp3) is 0.350. The summed E-state index contributed by atoms with van der Waals surface area (Å²) in [5, 5.41) is 10.1. The van der Waals surface area contributed by atoms with Gasteiger partial charge in [-0.15, -0.1) is 0 Å². The number of carboxylic acid groups (broad SMARTS) is 1. The van der Waals surface area contributed by atoms with Crippen molar-refractivity contribution in [3.63, 3.8) is 0 Å². The van der Waals surface area contributed by atoms with Crippen molar-refractivity contribution in [2.45, 2.75) is 20.0 Å². The molecule has 0 atom stereocenters.